The molecule has 0 saturated carbocycles. The van der Waals surface area contributed by atoms with Crippen LogP contribution < -0.4 is 9.47 Å². The van der Waals surface area contributed by atoms with Gasteiger partial charge in [-0.3, -0.25) is 9.69 Å². The summed E-state index contributed by atoms with van der Waals surface area (Å²) in [4.78, 5) is 31.5. The van der Waals surface area contributed by atoms with Crippen molar-refractivity contribution in [2.45, 2.75) is 20.5 Å². The second-order valence-electron chi connectivity index (χ2n) is 8.17. The van der Waals surface area contributed by atoms with Crippen molar-refractivity contribution >= 4 is 56.5 Å². The number of nitrogens with zero attached hydrogens (tertiary/aromatic N) is 2. The first kappa shape index (κ1) is 27.5. The quantitative estimate of drug-likeness (QED) is 0.199. The highest BCUT2D eigenvalue weighted by molar-refractivity contribution is 9.10. The number of esters is 1. The fraction of sp³-hybridized carbons (Fsp3) is 0.207. The molecule has 0 aromatic heterocycles. The van der Waals surface area contributed by atoms with Crippen molar-refractivity contribution in [1.29, 1.82) is 0 Å². The third-order valence-corrected chi connectivity index (χ3v) is 7.11. The molecule has 0 N–H and O–H groups in total. The summed E-state index contributed by atoms with van der Waals surface area (Å²) in [5.41, 5.74) is 2.91. The van der Waals surface area contributed by atoms with E-state index >= 15 is 0 Å². The summed E-state index contributed by atoms with van der Waals surface area (Å²) in [5.74, 6) is 0.654. The van der Waals surface area contributed by atoms with E-state index in [1.807, 2.05) is 55.5 Å². The molecule has 0 unspecified atom stereocenters. The van der Waals surface area contributed by atoms with E-state index in [1.54, 1.807) is 38.2 Å². The zero-order valence-electron chi connectivity index (χ0n) is 21.3. The number of carbonyl (C=O) groups excluding carboxylic acids is 2. The van der Waals surface area contributed by atoms with Crippen LogP contribution in [0.4, 0.5) is 5.69 Å². The zero-order chi connectivity index (χ0) is 27.1. The van der Waals surface area contributed by atoms with Crippen LogP contribution in [-0.4, -0.2) is 42.2 Å². The van der Waals surface area contributed by atoms with Crippen molar-refractivity contribution in [2.24, 2.45) is 4.99 Å². The van der Waals surface area contributed by atoms with Gasteiger partial charge in [0.1, 0.15) is 6.61 Å². The largest absolute Gasteiger partial charge is 0.490 e. The molecule has 0 atom stereocenters. The zero-order valence-corrected chi connectivity index (χ0v) is 23.7. The maximum atomic E-state index is 13.0. The maximum absolute atomic E-state index is 13.0. The van der Waals surface area contributed by atoms with Crippen LogP contribution in [0, 0.1) is 0 Å². The van der Waals surface area contributed by atoms with Gasteiger partial charge in [0.15, 0.2) is 16.7 Å². The van der Waals surface area contributed by atoms with Gasteiger partial charge in [-0.2, -0.15) is 0 Å². The van der Waals surface area contributed by atoms with Gasteiger partial charge in [0.05, 0.1) is 33.8 Å². The SMILES string of the molecule is CCOC(=O)c1ccc(N=C2S/C(=C/c3cc(Br)c(OCc4ccccc4)c(OCC)c3)C(=O)N2C)cc1. The molecular formula is C29H27BrN2O5S. The Bertz CT molecular complexity index is 1370. The molecule has 0 radical (unpaired) electrons. The minimum atomic E-state index is -0.381. The molecule has 0 bridgehead atoms. The first-order valence-electron chi connectivity index (χ1n) is 12.1. The van der Waals surface area contributed by atoms with Crippen LogP contribution in [0.5, 0.6) is 11.5 Å². The number of benzene rings is 3. The topological polar surface area (TPSA) is 77.4 Å². The van der Waals surface area contributed by atoms with Crippen LogP contribution in [0.1, 0.15) is 35.3 Å². The van der Waals surface area contributed by atoms with Gasteiger partial charge in [-0.25, -0.2) is 9.79 Å². The highest BCUT2D eigenvalue weighted by Gasteiger charge is 2.30. The Kier molecular flexibility index (Phi) is 9.25. The summed E-state index contributed by atoms with van der Waals surface area (Å²) >= 11 is 4.89. The molecule has 3 aromatic carbocycles. The molecule has 1 aliphatic heterocycles. The van der Waals surface area contributed by atoms with E-state index in [-0.39, 0.29) is 11.9 Å². The molecule has 0 spiro atoms. The Hall–Kier alpha value is -3.56. The number of ether oxygens (including phenoxy) is 3. The molecule has 7 nitrogen and oxygen atoms in total. The predicted octanol–water partition coefficient (Wildman–Crippen LogP) is 6.84. The average molecular weight is 596 g/mol. The van der Waals surface area contributed by atoms with Gasteiger partial charge in [-0.15, -0.1) is 0 Å². The lowest BCUT2D eigenvalue weighted by Crippen LogP contribution is -2.23. The lowest BCUT2D eigenvalue weighted by Gasteiger charge is -2.15. The fourth-order valence-corrected chi connectivity index (χ4v) is 5.16. The van der Waals surface area contributed by atoms with Crippen LogP contribution in [0.3, 0.4) is 0 Å². The highest BCUT2D eigenvalue weighted by Crippen LogP contribution is 2.40. The number of likely N-dealkylation sites (N-methyl/N-ethyl adjacent to an activating group) is 1. The third-order valence-electron chi connectivity index (χ3n) is 5.46. The number of amides is 1. The van der Waals surface area contributed by atoms with E-state index < -0.39 is 0 Å². The summed E-state index contributed by atoms with van der Waals surface area (Å²) in [6, 6.07) is 20.4. The predicted molar refractivity (Wildman–Crippen MR) is 154 cm³/mol. The summed E-state index contributed by atoms with van der Waals surface area (Å²) in [6.07, 6.45) is 1.81. The van der Waals surface area contributed by atoms with Crippen molar-refractivity contribution in [1.82, 2.24) is 4.90 Å². The fourth-order valence-electron chi connectivity index (χ4n) is 3.60. The summed E-state index contributed by atoms with van der Waals surface area (Å²) in [5, 5.41) is 0.539. The number of hydrogen-bond acceptors (Lipinski definition) is 7. The van der Waals surface area contributed by atoms with E-state index in [1.165, 1.54) is 16.7 Å². The Labute approximate surface area is 234 Å². The van der Waals surface area contributed by atoms with Gasteiger partial charge in [0.2, 0.25) is 0 Å². The molecule has 38 heavy (non-hydrogen) atoms. The van der Waals surface area contributed by atoms with Gasteiger partial charge in [-0.1, -0.05) is 30.3 Å². The molecule has 1 aliphatic rings. The van der Waals surface area contributed by atoms with Crippen LogP contribution in [0.15, 0.2) is 81.1 Å². The molecule has 0 aliphatic carbocycles. The normalized spacial score (nSPS) is 15.3. The third kappa shape index (κ3) is 6.65. The molecule has 1 fully saturated rings. The molecule has 1 saturated heterocycles. The van der Waals surface area contributed by atoms with Gasteiger partial charge < -0.3 is 14.2 Å². The Balaban J connectivity index is 1.55. The van der Waals surface area contributed by atoms with E-state index in [9.17, 15) is 9.59 Å². The molecule has 3 aromatic rings. The number of thioether (sulfide) groups is 1. The van der Waals surface area contributed by atoms with Crippen LogP contribution in [-0.2, 0) is 16.1 Å². The number of aliphatic imine (C=N–C) groups is 1. The Morgan fingerprint density at radius 2 is 1.76 bits per heavy atom. The lowest BCUT2D eigenvalue weighted by atomic mass is 10.1. The number of hydrogen-bond donors (Lipinski definition) is 0. The highest BCUT2D eigenvalue weighted by atomic mass is 79.9. The second kappa shape index (κ2) is 12.8. The van der Waals surface area contributed by atoms with Crippen LogP contribution in [0.2, 0.25) is 0 Å². The number of halogens is 1. The summed E-state index contributed by atoms with van der Waals surface area (Å²) in [7, 11) is 1.68. The summed E-state index contributed by atoms with van der Waals surface area (Å²) < 4.78 is 17.7. The average Bonchev–Trinajstić information content (AvgIpc) is 3.17. The second-order valence-corrected chi connectivity index (χ2v) is 10.0. The Morgan fingerprint density at radius 3 is 2.45 bits per heavy atom. The van der Waals surface area contributed by atoms with Crippen molar-refractivity contribution in [3.05, 3.63) is 92.8 Å². The lowest BCUT2D eigenvalue weighted by molar-refractivity contribution is -0.121. The smallest absolute Gasteiger partial charge is 0.338 e. The Morgan fingerprint density at radius 1 is 1.03 bits per heavy atom. The monoisotopic (exact) mass is 594 g/mol. The molecule has 1 heterocycles. The van der Waals surface area contributed by atoms with Crippen molar-refractivity contribution in [3.63, 3.8) is 0 Å². The van der Waals surface area contributed by atoms with Crippen LogP contribution >= 0.6 is 27.7 Å². The van der Waals surface area contributed by atoms with E-state index in [0.717, 1.165) is 15.6 Å². The van der Waals surface area contributed by atoms with Gasteiger partial charge in [-0.05, 0) is 95.1 Å². The van der Waals surface area contributed by atoms with Gasteiger partial charge in [0, 0.05) is 7.05 Å². The standard InChI is InChI=1S/C29H27BrN2O5S/c1-4-35-24-16-20(15-23(30)26(24)37-18-19-9-7-6-8-10-19)17-25-27(33)32(3)29(38-25)31-22-13-11-21(12-14-22)28(34)36-5-2/h6-17H,4-5,18H2,1-3H3/b25-17+,31-29?. The molecular weight excluding hydrogens is 568 g/mol. The summed E-state index contributed by atoms with van der Waals surface area (Å²) in [6.45, 7) is 4.86. The maximum Gasteiger partial charge on any atom is 0.338 e. The minimum Gasteiger partial charge on any atom is -0.490 e. The van der Waals surface area contributed by atoms with Crippen molar-refractivity contribution in [3.8, 4) is 11.5 Å². The first-order chi connectivity index (χ1) is 18.4. The van der Waals surface area contributed by atoms with Gasteiger partial charge >= 0.3 is 5.97 Å². The van der Waals surface area contributed by atoms with E-state index in [2.05, 4.69) is 20.9 Å². The van der Waals surface area contributed by atoms with Gasteiger partial charge in [0.25, 0.3) is 5.91 Å². The van der Waals surface area contributed by atoms with Crippen molar-refractivity contribution in [2.75, 3.05) is 20.3 Å². The molecule has 1 amide bonds. The first-order valence-corrected chi connectivity index (χ1v) is 13.7. The molecule has 4 rings (SSSR count). The number of rotatable bonds is 9. The molecule has 9 heteroatoms. The number of amidine groups is 1. The molecule has 196 valence electrons. The van der Waals surface area contributed by atoms with E-state index in [4.69, 9.17) is 14.2 Å². The van der Waals surface area contributed by atoms with Crippen molar-refractivity contribution < 1.29 is 23.8 Å². The van der Waals surface area contributed by atoms with Crippen LogP contribution in [0.25, 0.3) is 6.08 Å². The minimum absolute atomic E-state index is 0.157. The van der Waals surface area contributed by atoms with E-state index in [0.29, 0.717) is 52.6 Å². The number of carbonyl (C=O) groups is 2.